The predicted octanol–water partition coefficient (Wildman–Crippen LogP) is 0.139. The number of amides is 1. The second-order valence-corrected chi connectivity index (χ2v) is 3.87. The van der Waals surface area contributed by atoms with E-state index in [9.17, 15) is 4.79 Å². The number of nitrogens with one attached hydrogen (secondary N) is 3. The first-order valence-electron chi connectivity index (χ1n) is 5.34. The van der Waals surface area contributed by atoms with Gasteiger partial charge in [-0.25, -0.2) is 0 Å². The summed E-state index contributed by atoms with van der Waals surface area (Å²) in [5, 5.41) is 12.6. The molecule has 82 valence electrons. The van der Waals surface area contributed by atoms with Crippen LogP contribution in [0.1, 0.15) is 23.3 Å². The Morgan fingerprint density at radius 1 is 1.67 bits per heavy atom. The molecule has 1 atom stereocenters. The van der Waals surface area contributed by atoms with Crippen molar-refractivity contribution in [3.05, 3.63) is 18.0 Å². The van der Waals surface area contributed by atoms with Crippen molar-refractivity contribution in [2.45, 2.75) is 12.8 Å². The van der Waals surface area contributed by atoms with Gasteiger partial charge in [0.05, 0.1) is 0 Å². The highest BCUT2D eigenvalue weighted by molar-refractivity contribution is 5.91. The Balaban J connectivity index is 1.67. The molecular weight excluding hydrogens is 192 g/mol. The third-order valence-electron chi connectivity index (χ3n) is 2.75. The molecule has 5 heteroatoms. The molecule has 0 bridgehead atoms. The van der Waals surface area contributed by atoms with Crippen LogP contribution in [-0.4, -0.2) is 35.7 Å². The van der Waals surface area contributed by atoms with Crippen molar-refractivity contribution in [1.29, 1.82) is 0 Å². The van der Waals surface area contributed by atoms with Gasteiger partial charge in [0.2, 0.25) is 0 Å². The van der Waals surface area contributed by atoms with Crippen molar-refractivity contribution in [3.8, 4) is 0 Å². The third-order valence-corrected chi connectivity index (χ3v) is 2.75. The first kappa shape index (κ1) is 10.2. The number of aromatic nitrogens is 2. The van der Waals surface area contributed by atoms with Gasteiger partial charge in [-0.2, -0.15) is 5.10 Å². The van der Waals surface area contributed by atoms with Gasteiger partial charge in [-0.15, -0.1) is 0 Å². The summed E-state index contributed by atoms with van der Waals surface area (Å²) in [4.78, 5) is 11.5. The highest BCUT2D eigenvalue weighted by Gasteiger charge is 2.14. The van der Waals surface area contributed by atoms with Gasteiger partial charge in [0.15, 0.2) is 0 Å². The molecule has 1 aliphatic heterocycles. The molecule has 1 aromatic heterocycles. The number of carbonyl (C=O) groups is 1. The Morgan fingerprint density at radius 3 is 3.27 bits per heavy atom. The van der Waals surface area contributed by atoms with Crippen LogP contribution in [0.2, 0.25) is 0 Å². The highest BCUT2D eigenvalue weighted by Crippen LogP contribution is 2.10. The molecule has 2 rings (SSSR count). The van der Waals surface area contributed by atoms with E-state index >= 15 is 0 Å². The fourth-order valence-electron chi connectivity index (χ4n) is 1.83. The van der Waals surface area contributed by atoms with Gasteiger partial charge in [0.25, 0.3) is 5.91 Å². The molecule has 0 spiro atoms. The molecule has 1 unspecified atom stereocenters. The van der Waals surface area contributed by atoms with E-state index in [1.54, 1.807) is 12.3 Å². The number of hydrogen-bond acceptors (Lipinski definition) is 3. The van der Waals surface area contributed by atoms with Gasteiger partial charge in [-0.1, -0.05) is 0 Å². The number of carbonyl (C=O) groups excluding carboxylic acids is 1. The Morgan fingerprint density at radius 2 is 2.60 bits per heavy atom. The standard InChI is InChI=1S/C10H16N4O/c15-10(9-3-6-13-14-9)12-5-2-8-1-4-11-7-8/h3,6,8,11H,1-2,4-5,7H2,(H,12,15)(H,13,14). The number of aromatic amines is 1. The van der Waals surface area contributed by atoms with E-state index in [1.807, 2.05) is 0 Å². The lowest BCUT2D eigenvalue weighted by molar-refractivity contribution is 0.0946. The summed E-state index contributed by atoms with van der Waals surface area (Å²) in [6, 6.07) is 1.67. The SMILES string of the molecule is O=C(NCCC1CCNC1)c1ccn[nH]1. The maximum Gasteiger partial charge on any atom is 0.269 e. The summed E-state index contributed by atoms with van der Waals surface area (Å²) in [5.41, 5.74) is 0.527. The van der Waals surface area contributed by atoms with Crippen molar-refractivity contribution in [1.82, 2.24) is 20.8 Å². The summed E-state index contributed by atoms with van der Waals surface area (Å²) >= 11 is 0. The van der Waals surface area contributed by atoms with Gasteiger partial charge in [0, 0.05) is 12.7 Å². The van der Waals surface area contributed by atoms with E-state index in [0.717, 1.165) is 26.1 Å². The number of rotatable bonds is 4. The normalized spacial score (nSPS) is 20.4. The second kappa shape index (κ2) is 4.93. The van der Waals surface area contributed by atoms with Crippen LogP contribution in [0.15, 0.2) is 12.3 Å². The molecular formula is C10H16N4O. The van der Waals surface area contributed by atoms with Crippen LogP contribution >= 0.6 is 0 Å². The summed E-state index contributed by atoms with van der Waals surface area (Å²) in [7, 11) is 0. The molecule has 0 aliphatic carbocycles. The molecule has 0 saturated carbocycles. The molecule has 0 aromatic carbocycles. The molecule has 3 N–H and O–H groups in total. The molecule has 1 saturated heterocycles. The Hall–Kier alpha value is -1.36. The van der Waals surface area contributed by atoms with Crippen LogP contribution in [0.5, 0.6) is 0 Å². The molecule has 2 heterocycles. The minimum absolute atomic E-state index is 0.0709. The van der Waals surface area contributed by atoms with Gasteiger partial charge in [-0.05, 0) is 37.9 Å². The van der Waals surface area contributed by atoms with Crippen molar-refractivity contribution in [2.75, 3.05) is 19.6 Å². The zero-order chi connectivity index (χ0) is 10.5. The summed E-state index contributed by atoms with van der Waals surface area (Å²) < 4.78 is 0. The second-order valence-electron chi connectivity index (χ2n) is 3.87. The molecule has 1 aromatic rings. The first-order chi connectivity index (χ1) is 7.36. The first-order valence-corrected chi connectivity index (χ1v) is 5.34. The van der Waals surface area contributed by atoms with E-state index in [1.165, 1.54) is 6.42 Å². The average molecular weight is 208 g/mol. The van der Waals surface area contributed by atoms with Crippen molar-refractivity contribution < 1.29 is 4.79 Å². The van der Waals surface area contributed by atoms with Gasteiger partial charge < -0.3 is 10.6 Å². The number of hydrogen-bond donors (Lipinski definition) is 3. The fraction of sp³-hybridized carbons (Fsp3) is 0.600. The maximum absolute atomic E-state index is 11.5. The van der Waals surface area contributed by atoms with Gasteiger partial charge in [0.1, 0.15) is 5.69 Å². The molecule has 1 aliphatic rings. The maximum atomic E-state index is 11.5. The third kappa shape index (κ3) is 2.79. The quantitative estimate of drug-likeness (QED) is 0.659. The van der Waals surface area contributed by atoms with Crippen LogP contribution in [0.4, 0.5) is 0 Å². The van der Waals surface area contributed by atoms with Gasteiger partial charge >= 0.3 is 0 Å². The van der Waals surface area contributed by atoms with Crippen molar-refractivity contribution in [2.24, 2.45) is 5.92 Å². The Labute approximate surface area is 88.6 Å². The average Bonchev–Trinajstić information content (AvgIpc) is 2.90. The molecule has 15 heavy (non-hydrogen) atoms. The van der Waals surface area contributed by atoms with Crippen LogP contribution < -0.4 is 10.6 Å². The van der Waals surface area contributed by atoms with E-state index < -0.39 is 0 Å². The summed E-state index contributed by atoms with van der Waals surface area (Å²) in [6.45, 7) is 2.93. The fourth-order valence-corrected chi connectivity index (χ4v) is 1.83. The molecule has 5 nitrogen and oxygen atoms in total. The van der Waals surface area contributed by atoms with E-state index in [-0.39, 0.29) is 5.91 Å². The largest absolute Gasteiger partial charge is 0.351 e. The number of nitrogens with zero attached hydrogens (tertiary/aromatic N) is 1. The molecule has 1 amide bonds. The molecule has 1 fully saturated rings. The van der Waals surface area contributed by atoms with Crippen LogP contribution in [-0.2, 0) is 0 Å². The minimum atomic E-state index is -0.0709. The lowest BCUT2D eigenvalue weighted by atomic mass is 10.1. The zero-order valence-electron chi connectivity index (χ0n) is 8.62. The molecule has 0 radical (unpaired) electrons. The summed E-state index contributed by atoms with van der Waals surface area (Å²) in [6.07, 6.45) is 3.85. The topological polar surface area (TPSA) is 69.8 Å². The zero-order valence-corrected chi connectivity index (χ0v) is 8.62. The Kier molecular flexibility index (Phi) is 3.34. The van der Waals surface area contributed by atoms with Crippen LogP contribution in [0.25, 0.3) is 0 Å². The van der Waals surface area contributed by atoms with Gasteiger partial charge in [-0.3, -0.25) is 9.89 Å². The van der Waals surface area contributed by atoms with E-state index in [0.29, 0.717) is 11.6 Å². The van der Waals surface area contributed by atoms with Crippen LogP contribution in [0.3, 0.4) is 0 Å². The van der Waals surface area contributed by atoms with Crippen molar-refractivity contribution in [3.63, 3.8) is 0 Å². The lowest BCUT2D eigenvalue weighted by Crippen LogP contribution is -2.26. The predicted molar refractivity (Wildman–Crippen MR) is 56.5 cm³/mol. The monoisotopic (exact) mass is 208 g/mol. The number of H-pyrrole nitrogens is 1. The van der Waals surface area contributed by atoms with E-state index in [4.69, 9.17) is 0 Å². The van der Waals surface area contributed by atoms with Crippen LogP contribution in [0, 0.1) is 5.92 Å². The summed E-state index contributed by atoms with van der Waals surface area (Å²) in [5.74, 6) is 0.644. The smallest absolute Gasteiger partial charge is 0.269 e. The highest BCUT2D eigenvalue weighted by atomic mass is 16.1. The van der Waals surface area contributed by atoms with E-state index in [2.05, 4.69) is 20.8 Å². The lowest BCUT2D eigenvalue weighted by Gasteiger charge is -2.08. The van der Waals surface area contributed by atoms with Crippen molar-refractivity contribution >= 4 is 5.91 Å². The Bertz CT molecular complexity index is 303. The minimum Gasteiger partial charge on any atom is -0.351 e.